The molecule has 3 N–H and O–H groups in total. The average Bonchev–Trinajstić information content (AvgIpc) is 2.73. The largest absolute Gasteiger partial charge is 0.385 e. The van der Waals surface area contributed by atoms with Gasteiger partial charge in [0.25, 0.3) is 6.43 Å². The maximum atomic E-state index is 14.3. The van der Waals surface area contributed by atoms with E-state index in [0.29, 0.717) is 18.5 Å². The van der Waals surface area contributed by atoms with Gasteiger partial charge in [0.1, 0.15) is 5.82 Å². The van der Waals surface area contributed by atoms with E-state index < -0.39 is 23.4 Å². The van der Waals surface area contributed by atoms with Crippen LogP contribution in [0.2, 0.25) is 0 Å². The number of rotatable bonds is 5. The molecule has 0 saturated carbocycles. The summed E-state index contributed by atoms with van der Waals surface area (Å²) < 4.78 is 40.2. The first-order valence-electron chi connectivity index (χ1n) is 9.59. The molecule has 152 valence electrons. The molecule has 1 saturated heterocycles. The lowest BCUT2D eigenvalue weighted by Crippen LogP contribution is -2.39. The second-order valence-electron chi connectivity index (χ2n) is 7.35. The van der Waals surface area contributed by atoms with Gasteiger partial charge in [0, 0.05) is 29.4 Å². The Balaban J connectivity index is 1.64. The van der Waals surface area contributed by atoms with Crippen LogP contribution in [0.1, 0.15) is 36.0 Å². The molecule has 1 aromatic heterocycles. The first-order valence-corrected chi connectivity index (χ1v) is 9.59. The molecule has 3 aromatic rings. The third kappa shape index (κ3) is 3.93. The van der Waals surface area contributed by atoms with E-state index in [1.165, 1.54) is 12.1 Å². The van der Waals surface area contributed by atoms with Crippen molar-refractivity contribution in [2.24, 2.45) is 0 Å². The zero-order valence-corrected chi connectivity index (χ0v) is 15.8. The Morgan fingerprint density at radius 2 is 1.93 bits per heavy atom. The molecule has 7 heteroatoms. The van der Waals surface area contributed by atoms with Crippen molar-refractivity contribution in [1.82, 2.24) is 10.3 Å². The standard InChI is InChI=1S/C22H22F3N3O/c23-20-14(2-1-3-16(20)21(24)25)13-28-19-6-9-27-18-5-4-15(12-17(18)19)22(29)7-10-26-11-8-22/h1-6,9,12,21,26,29H,7-8,10-11,13H2,(H,27,28). The molecule has 29 heavy (non-hydrogen) atoms. The van der Waals surface area contributed by atoms with Gasteiger partial charge in [0.2, 0.25) is 0 Å². The fraction of sp³-hybridized carbons (Fsp3) is 0.318. The summed E-state index contributed by atoms with van der Waals surface area (Å²) in [6.07, 6.45) is 0.0144. The fourth-order valence-electron chi connectivity index (χ4n) is 3.81. The first-order chi connectivity index (χ1) is 14.0. The molecule has 4 nitrogen and oxygen atoms in total. The first kappa shape index (κ1) is 19.7. The number of hydrogen-bond acceptors (Lipinski definition) is 4. The molecule has 0 radical (unpaired) electrons. The van der Waals surface area contributed by atoms with E-state index in [4.69, 9.17) is 0 Å². The Hall–Kier alpha value is -2.64. The van der Waals surface area contributed by atoms with Gasteiger partial charge in [-0.1, -0.05) is 24.3 Å². The molecule has 0 aliphatic carbocycles. The van der Waals surface area contributed by atoms with Gasteiger partial charge in [-0.15, -0.1) is 0 Å². The van der Waals surface area contributed by atoms with Crippen LogP contribution in [-0.4, -0.2) is 23.2 Å². The SMILES string of the molecule is OC1(c2ccc3nccc(NCc4cccc(C(F)F)c4F)c3c2)CCNCC1. The minimum atomic E-state index is -2.86. The molecular formula is C22H22F3N3O. The van der Waals surface area contributed by atoms with Gasteiger partial charge in [0.05, 0.1) is 16.7 Å². The van der Waals surface area contributed by atoms with Gasteiger partial charge in [-0.05, 0) is 49.7 Å². The summed E-state index contributed by atoms with van der Waals surface area (Å²) in [5.41, 5.74) is 0.924. The number of pyridine rings is 1. The number of aliphatic hydroxyl groups is 1. The van der Waals surface area contributed by atoms with Crippen molar-refractivity contribution in [3.8, 4) is 0 Å². The molecule has 4 rings (SSSR count). The zero-order valence-electron chi connectivity index (χ0n) is 15.8. The lowest BCUT2D eigenvalue weighted by atomic mass is 9.84. The molecule has 1 fully saturated rings. The van der Waals surface area contributed by atoms with Gasteiger partial charge in [-0.2, -0.15) is 0 Å². The van der Waals surface area contributed by atoms with Crippen LogP contribution >= 0.6 is 0 Å². The molecule has 0 spiro atoms. The Morgan fingerprint density at radius 1 is 1.14 bits per heavy atom. The number of hydrogen-bond donors (Lipinski definition) is 3. The lowest BCUT2D eigenvalue weighted by Gasteiger charge is -2.33. The average molecular weight is 401 g/mol. The second kappa shape index (κ2) is 8.00. The van der Waals surface area contributed by atoms with E-state index in [1.807, 2.05) is 18.2 Å². The highest BCUT2D eigenvalue weighted by Gasteiger charge is 2.31. The van der Waals surface area contributed by atoms with Crippen LogP contribution in [0, 0.1) is 5.82 Å². The predicted molar refractivity (Wildman–Crippen MR) is 106 cm³/mol. The van der Waals surface area contributed by atoms with Crippen LogP contribution in [0.3, 0.4) is 0 Å². The summed E-state index contributed by atoms with van der Waals surface area (Å²) in [4.78, 5) is 4.35. The van der Waals surface area contributed by atoms with Crippen molar-refractivity contribution in [3.05, 3.63) is 71.2 Å². The van der Waals surface area contributed by atoms with E-state index in [1.54, 1.807) is 12.3 Å². The van der Waals surface area contributed by atoms with Crippen molar-refractivity contribution in [3.63, 3.8) is 0 Å². The number of halogens is 3. The summed E-state index contributed by atoms with van der Waals surface area (Å²) >= 11 is 0. The Kier molecular flexibility index (Phi) is 5.43. The molecule has 2 aromatic carbocycles. The highest BCUT2D eigenvalue weighted by Crippen LogP contribution is 2.34. The third-order valence-corrected chi connectivity index (χ3v) is 5.52. The molecule has 1 aliphatic rings. The van der Waals surface area contributed by atoms with Gasteiger partial charge in [-0.25, -0.2) is 13.2 Å². The number of benzene rings is 2. The lowest BCUT2D eigenvalue weighted by molar-refractivity contribution is 0.00606. The predicted octanol–water partition coefficient (Wildman–Crippen LogP) is 4.49. The maximum Gasteiger partial charge on any atom is 0.266 e. The van der Waals surface area contributed by atoms with Crippen LogP contribution in [0.25, 0.3) is 10.9 Å². The van der Waals surface area contributed by atoms with Crippen molar-refractivity contribution in [1.29, 1.82) is 0 Å². The van der Waals surface area contributed by atoms with Gasteiger partial charge in [-0.3, -0.25) is 4.98 Å². The number of piperidine rings is 1. The van der Waals surface area contributed by atoms with Gasteiger partial charge in [0.15, 0.2) is 0 Å². The van der Waals surface area contributed by atoms with Crippen molar-refractivity contribution in [2.45, 2.75) is 31.4 Å². The number of fused-ring (bicyclic) bond motifs is 1. The fourth-order valence-corrected chi connectivity index (χ4v) is 3.81. The van der Waals surface area contributed by atoms with E-state index in [2.05, 4.69) is 15.6 Å². The summed E-state index contributed by atoms with van der Waals surface area (Å²) in [5, 5.41) is 18.2. The van der Waals surface area contributed by atoms with E-state index in [9.17, 15) is 18.3 Å². The van der Waals surface area contributed by atoms with Crippen molar-refractivity contribution in [2.75, 3.05) is 18.4 Å². The molecule has 0 atom stereocenters. The number of alkyl halides is 2. The maximum absolute atomic E-state index is 14.3. The summed E-state index contributed by atoms with van der Waals surface area (Å²) in [6, 6.07) is 11.4. The molecule has 0 unspecified atom stereocenters. The Labute approximate surface area is 166 Å². The smallest absolute Gasteiger partial charge is 0.266 e. The molecule has 2 heterocycles. The van der Waals surface area contributed by atoms with E-state index >= 15 is 0 Å². The van der Waals surface area contributed by atoms with E-state index in [0.717, 1.165) is 35.6 Å². The highest BCUT2D eigenvalue weighted by molar-refractivity contribution is 5.91. The normalized spacial score (nSPS) is 16.3. The Bertz CT molecular complexity index is 1020. The highest BCUT2D eigenvalue weighted by atomic mass is 19.3. The minimum Gasteiger partial charge on any atom is -0.385 e. The van der Waals surface area contributed by atoms with Crippen LogP contribution < -0.4 is 10.6 Å². The van der Waals surface area contributed by atoms with Crippen molar-refractivity contribution >= 4 is 16.6 Å². The van der Waals surface area contributed by atoms with Gasteiger partial charge < -0.3 is 15.7 Å². The third-order valence-electron chi connectivity index (χ3n) is 5.52. The Morgan fingerprint density at radius 3 is 2.69 bits per heavy atom. The number of nitrogens with zero attached hydrogens (tertiary/aromatic N) is 1. The van der Waals surface area contributed by atoms with Crippen LogP contribution in [0.4, 0.5) is 18.9 Å². The topological polar surface area (TPSA) is 57.2 Å². The summed E-state index contributed by atoms with van der Waals surface area (Å²) in [5.74, 6) is -0.891. The summed E-state index contributed by atoms with van der Waals surface area (Å²) in [7, 11) is 0. The number of anilines is 1. The number of nitrogens with one attached hydrogen (secondary N) is 2. The quantitative estimate of drug-likeness (QED) is 0.590. The number of aromatic nitrogens is 1. The van der Waals surface area contributed by atoms with Crippen molar-refractivity contribution < 1.29 is 18.3 Å². The minimum absolute atomic E-state index is 0.0594. The van der Waals surface area contributed by atoms with Crippen LogP contribution in [0.15, 0.2) is 48.7 Å². The molecular weight excluding hydrogens is 379 g/mol. The summed E-state index contributed by atoms with van der Waals surface area (Å²) in [6.45, 7) is 1.54. The van der Waals surface area contributed by atoms with Crippen LogP contribution in [-0.2, 0) is 12.1 Å². The zero-order chi connectivity index (χ0) is 20.4. The molecule has 0 amide bonds. The van der Waals surface area contributed by atoms with Crippen LogP contribution in [0.5, 0.6) is 0 Å². The van der Waals surface area contributed by atoms with E-state index in [-0.39, 0.29) is 12.1 Å². The monoisotopic (exact) mass is 401 g/mol. The van der Waals surface area contributed by atoms with Gasteiger partial charge >= 0.3 is 0 Å². The molecule has 1 aliphatic heterocycles. The second-order valence-corrected chi connectivity index (χ2v) is 7.35. The molecule has 0 bridgehead atoms.